The lowest BCUT2D eigenvalue weighted by Crippen LogP contribution is -2.45. The van der Waals surface area contributed by atoms with Crippen molar-refractivity contribution in [3.63, 3.8) is 0 Å². The first-order valence-corrected chi connectivity index (χ1v) is 8.79. The number of rotatable bonds is 5. The van der Waals surface area contributed by atoms with Gasteiger partial charge in [0, 0.05) is 19.0 Å². The summed E-state index contributed by atoms with van der Waals surface area (Å²) in [7, 11) is 1.67. The van der Waals surface area contributed by atoms with E-state index in [1.807, 2.05) is 29.2 Å². The van der Waals surface area contributed by atoms with Crippen LogP contribution in [0.5, 0.6) is 5.75 Å². The molecule has 1 saturated heterocycles. The molecule has 1 atom stereocenters. The molecule has 4 heteroatoms. The van der Waals surface area contributed by atoms with Gasteiger partial charge in [0.15, 0.2) is 0 Å². The highest BCUT2D eigenvalue weighted by atomic mass is 16.5. The minimum absolute atomic E-state index is 0.153. The lowest BCUT2D eigenvalue weighted by Gasteiger charge is -2.34. The normalized spacial score (nSPS) is 22.3. The van der Waals surface area contributed by atoms with Gasteiger partial charge in [-0.05, 0) is 43.4 Å². The van der Waals surface area contributed by atoms with Crippen LogP contribution in [0.25, 0.3) is 0 Å². The predicted molar refractivity (Wildman–Crippen MR) is 89.3 cm³/mol. The van der Waals surface area contributed by atoms with Gasteiger partial charge in [-0.1, -0.05) is 25.0 Å². The maximum atomic E-state index is 12.6. The molecule has 1 aromatic rings. The van der Waals surface area contributed by atoms with E-state index in [1.54, 1.807) is 7.11 Å². The van der Waals surface area contributed by atoms with Gasteiger partial charge in [0.05, 0.1) is 19.8 Å². The molecule has 1 aliphatic carbocycles. The zero-order chi connectivity index (χ0) is 16.1. The number of hydrogen-bond acceptors (Lipinski definition) is 3. The minimum atomic E-state index is 0.153. The average molecular weight is 317 g/mol. The highest BCUT2D eigenvalue weighted by molar-refractivity contribution is 5.79. The fraction of sp³-hybridized carbons (Fsp3) is 0.632. The van der Waals surface area contributed by atoms with E-state index in [9.17, 15) is 4.79 Å². The lowest BCUT2D eigenvalue weighted by atomic mass is 10.0. The number of ether oxygens (including phenoxy) is 2. The Kier molecular flexibility index (Phi) is 5.55. The Hall–Kier alpha value is -1.55. The fourth-order valence-corrected chi connectivity index (χ4v) is 3.68. The van der Waals surface area contributed by atoms with Crippen LogP contribution in [0.2, 0.25) is 0 Å². The molecule has 0 aromatic heterocycles. The van der Waals surface area contributed by atoms with Crippen LogP contribution in [0, 0.1) is 5.92 Å². The van der Waals surface area contributed by atoms with E-state index in [4.69, 9.17) is 9.47 Å². The number of methoxy groups -OCH3 is 1. The van der Waals surface area contributed by atoms with Crippen molar-refractivity contribution >= 4 is 5.91 Å². The molecule has 0 bridgehead atoms. The van der Waals surface area contributed by atoms with Crippen molar-refractivity contribution < 1.29 is 14.3 Å². The number of benzene rings is 1. The van der Waals surface area contributed by atoms with Crippen LogP contribution in [0.15, 0.2) is 24.3 Å². The van der Waals surface area contributed by atoms with Gasteiger partial charge in [-0.15, -0.1) is 0 Å². The lowest BCUT2D eigenvalue weighted by molar-refractivity contribution is -0.139. The summed E-state index contributed by atoms with van der Waals surface area (Å²) in [5, 5.41) is 0. The second-order valence-electron chi connectivity index (χ2n) is 6.69. The van der Waals surface area contributed by atoms with Crippen molar-refractivity contribution in [2.24, 2.45) is 5.92 Å². The Balaban J connectivity index is 1.51. The molecule has 23 heavy (non-hydrogen) atoms. The van der Waals surface area contributed by atoms with Crippen LogP contribution >= 0.6 is 0 Å². The standard InChI is InChI=1S/C19H27NO3/c1-22-17-9-4-6-15(12-17)14-23-18-10-5-11-20(13-18)19(21)16-7-2-3-8-16/h4,6,9,12,16,18H,2-3,5,7-8,10-11,13-14H2,1H3/t18-/m0/s1. The molecule has 0 spiro atoms. The van der Waals surface area contributed by atoms with Crippen molar-refractivity contribution in [3.05, 3.63) is 29.8 Å². The van der Waals surface area contributed by atoms with Crippen LogP contribution in [0.1, 0.15) is 44.1 Å². The number of carbonyl (C=O) groups excluding carboxylic acids is 1. The van der Waals surface area contributed by atoms with Crippen molar-refractivity contribution in [3.8, 4) is 5.75 Å². The number of likely N-dealkylation sites (tertiary alicyclic amines) is 1. The molecule has 126 valence electrons. The smallest absolute Gasteiger partial charge is 0.225 e. The third-order valence-electron chi connectivity index (χ3n) is 5.01. The van der Waals surface area contributed by atoms with Crippen molar-refractivity contribution in [1.29, 1.82) is 0 Å². The number of piperidine rings is 1. The third kappa shape index (κ3) is 4.25. The average Bonchev–Trinajstić information content (AvgIpc) is 3.14. The number of nitrogens with zero attached hydrogens (tertiary/aromatic N) is 1. The Morgan fingerprint density at radius 2 is 2.04 bits per heavy atom. The Bertz CT molecular complexity index is 525. The number of amides is 1. The first-order valence-electron chi connectivity index (χ1n) is 8.79. The summed E-state index contributed by atoms with van der Waals surface area (Å²) in [4.78, 5) is 14.6. The van der Waals surface area contributed by atoms with Crippen LogP contribution in [0.4, 0.5) is 0 Å². The summed E-state index contributed by atoms with van der Waals surface area (Å²) < 4.78 is 11.3. The Morgan fingerprint density at radius 1 is 1.22 bits per heavy atom. The highest BCUT2D eigenvalue weighted by Crippen LogP contribution is 2.28. The Labute approximate surface area is 138 Å². The van der Waals surface area contributed by atoms with E-state index in [0.29, 0.717) is 12.5 Å². The largest absolute Gasteiger partial charge is 0.497 e. The summed E-state index contributed by atoms with van der Waals surface area (Å²) in [5.41, 5.74) is 1.11. The first kappa shape index (κ1) is 16.3. The van der Waals surface area contributed by atoms with Crippen LogP contribution in [-0.4, -0.2) is 37.1 Å². The van der Waals surface area contributed by atoms with Gasteiger partial charge >= 0.3 is 0 Å². The minimum Gasteiger partial charge on any atom is -0.497 e. The monoisotopic (exact) mass is 317 g/mol. The molecule has 1 amide bonds. The van der Waals surface area contributed by atoms with Crippen LogP contribution in [0.3, 0.4) is 0 Å². The molecule has 2 fully saturated rings. The maximum Gasteiger partial charge on any atom is 0.225 e. The quantitative estimate of drug-likeness (QED) is 0.835. The van der Waals surface area contributed by atoms with Crippen LogP contribution in [-0.2, 0) is 16.1 Å². The molecule has 0 unspecified atom stereocenters. The molecular weight excluding hydrogens is 290 g/mol. The molecule has 3 rings (SSSR count). The zero-order valence-corrected chi connectivity index (χ0v) is 14.0. The van der Waals surface area contributed by atoms with Crippen molar-refractivity contribution in [2.45, 2.75) is 51.2 Å². The molecular formula is C19H27NO3. The van der Waals surface area contributed by atoms with Gasteiger partial charge in [0.25, 0.3) is 0 Å². The molecule has 1 aromatic carbocycles. The van der Waals surface area contributed by atoms with Gasteiger partial charge < -0.3 is 14.4 Å². The second-order valence-corrected chi connectivity index (χ2v) is 6.69. The maximum absolute atomic E-state index is 12.6. The van der Waals surface area contributed by atoms with E-state index in [1.165, 1.54) is 12.8 Å². The van der Waals surface area contributed by atoms with Gasteiger partial charge in [-0.2, -0.15) is 0 Å². The predicted octanol–water partition coefficient (Wildman–Crippen LogP) is 3.39. The molecule has 0 N–H and O–H groups in total. The van der Waals surface area contributed by atoms with Crippen molar-refractivity contribution in [1.82, 2.24) is 4.90 Å². The van der Waals surface area contributed by atoms with E-state index in [-0.39, 0.29) is 12.0 Å². The summed E-state index contributed by atoms with van der Waals surface area (Å²) >= 11 is 0. The summed E-state index contributed by atoms with van der Waals surface area (Å²) in [5.74, 6) is 1.48. The zero-order valence-electron chi connectivity index (χ0n) is 14.0. The second kappa shape index (κ2) is 7.82. The molecule has 1 saturated carbocycles. The summed E-state index contributed by atoms with van der Waals surface area (Å²) in [6, 6.07) is 7.97. The van der Waals surface area contributed by atoms with Crippen molar-refractivity contribution in [2.75, 3.05) is 20.2 Å². The molecule has 1 heterocycles. The van der Waals surface area contributed by atoms with E-state index >= 15 is 0 Å². The van der Waals surface area contributed by atoms with Gasteiger partial charge in [-0.25, -0.2) is 0 Å². The molecule has 2 aliphatic rings. The molecule has 4 nitrogen and oxygen atoms in total. The van der Waals surface area contributed by atoms with Gasteiger partial charge in [0.1, 0.15) is 5.75 Å². The summed E-state index contributed by atoms with van der Waals surface area (Å²) in [6.07, 6.45) is 6.80. The van der Waals surface area contributed by atoms with E-state index in [2.05, 4.69) is 0 Å². The third-order valence-corrected chi connectivity index (χ3v) is 5.01. The first-order chi connectivity index (χ1) is 11.3. The van der Waals surface area contributed by atoms with Crippen LogP contribution < -0.4 is 4.74 Å². The fourth-order valence-electron chi connectivity index (χ4n) is 3.68. The highest BCUT2D eigenvalue weighted by Gasteiger charge is 2.30. The Morgan fingerprint density at radius 3 is 2.83 bits per heavy atom. The topological polar surface area (TPSA) is 38.8 Å². The summed E-state index contributed by atoms with van der Waals surface area (Å²) in [6.45, 7) is 2.22. The SMILES string of the molecule is COc1cccc(CO[C@H]2CCCN(C(=O)C3CCCC3)C2)c1. The van der Waals surface area contributed by atoms with Gasteiger partial charge in [-0.3, -0.25) is 4.79 Å². The molecule has 0 radical (unpaired) electrons. The number of hydrogen-bond donors (Lipinski definition) is 0. The van der Waals surface area contributed by atoms with E-state index < -0.39 is 0 Å². The van der Waals surface area contributed by atoms with Gasteiger partial charge in [0.2, 0.25) is 5.91 Å². The van der Waals surface area contributed by atoms with E-state index in [0.717, 1.165) is 50.1 Å². The molecule has 1 aliphatic heterocycles. The number of carbonyl (C=O) groups is 1.